The fourth-order valence-electron chi connectivity index (χ4n) is 2.97. The maximum Gasteiger partial charge on any atom is 0.123 e. The molecule has 106 valence electrons. The molecule has 3 heteroatoms. The molecule has 0 aliphatic heterocycles. The van der Waals surface area contributed by atoms with Gasteiger partial charge in [-0.15, -0.1) is 0 Å². The molecule has 2 rings (SSSR count). The topological polar surface area (TPSA) is 12.5 Å². The Hall–Kier alpha value is -0.540. The average molecular weight is 326 g/mol. The van der Waals surface area contributed by atoms with Gasteiger partial charge in [-0.1, -0.05) is 41.6 Å². The molecule has 0 atom stereocenters. The Morgan fingerprint density at radius 1 is 1.21 bits per heavy atom. The number of rotatable bonds is 4. The molecule has 0 heterocycles. The van der Waals surface area contributed by atoms with Gasteiger partial charge in [0.1, 0.15) is 5.75 Å². The van der Waals surface area contributed by atoms with Gasteiger partial charge in [-0.3, -0.25) is 4.90 Å². The van der Waals surface area contributed by atoms with Crippen LogP contribution in [0.3, 0.4) is 0 Å². The zero-order chi connectivity index (χ0) is 13.7. The highest BCUT2D eigenvalue weighted by Gasteiger charge is 2.18. The number of ether oxygens (including phenoxy) is 1. The summed E-state index contributed by atoms with van der Waals surface area (Å²) in [5.74, 6) is 0.990. The summed E-state index contributed by atoms with van der Waals surface area (Å²) in [6.45, 7) is 0.966. The van der Waals surface area contributed by atoms with Gasteiger partial charge in [0, 0.05) is 22.6 Å². The molecule has 1 fully saturated rings. The third-order valence-corrected chi connectivity index (χ3v) is 4.60. The number of hydrogen-bond acceptors (Lipinski definition) is 2. The van der Waals surface area contributed by atoms with E-state index < -0.39 is 0 Å². The van der Waals surface area contributed by atoms with E-state index in [1.165, 1.54) is 44.1 Å². The van der Waals surface area contributed by atoms with Crippen LogP contribution in [0, 0.1) is 0 Å². The molecular formula is C16H24BrNO. The van der Waals surface area contributed by atoms with E-state index in [9.17, 15) is 0 Å². The zero-order valence-electron chi connectivity index (χ0n) is 12.0. The predicted molar refractivity (Wildman–Crippen MR) is 83.7 cm³/mol. The van der Waals surface area contributed by atoms with Crippen LogP contribution in [0.1, 0.15) is 44.1 Å². The summed E-state index contributed by atoms with van der Waals surface area (Å²) in [5.41, 5.74) is 1.27. The van der Waals surface area contributed by atoms with Crippen LogP contribution in [-0.4, -0.2) is 25.1 Å². The SMILES string of the molecule is COc1ccc(Br)cc1CN(C)C1CCCCCC1. The number of hydrogen-bond donors (Lipinski definition) is 0. The molecule has 0 radical (unpaired) electrons. The second kappa shape index (κ2) is 7.30. The first-order chi connectivity index (χ1) is 9.20. The summed E-state index contributed by atoms with van der Waals surface area (Å²) in [4.78, 5) is 2.50. The van der Waals surface area contributed by atoms with Gasteiger partial charge in [-0.05, 0) is 38.1 Å². The molecular weight excluding hydrogens is 302 g/mol. The van der Waals surface area contributed by atoms with E-state index in [0.717, 1.165) is 22.8 Å². The average Bonchev–Trinajstić information content (AvgIpc) is 2.68. The van der Waals surface area contributed by atoms with Crippen molar-refractivity contribution in [2.45, 2.75) is 51.1 Å². The minimum absolute atomic E-state index is 0.728. The molecule has 1 aliphatic rings. The Bertz CT molecular complexity index is 400. The highest BCUT2D eigenvalue weighted by Crippen LogP contribution is 2.27. The van der Waals surface area contributed by atoms with Gasteiger partial charge in [0.15, 0.2) is 0 Å². The van der Waals surface area contributed by atoms with E-state index in [1.54, 1.807) is 7.11 Å². The summed E-state index contributed by atoms with van der Waals surface area (Å²) in [6.07, 6.45) is 8.25. The lowest BCUT2D eigenvalue weighted by molar-refractivity contribution is 0.210. The van der Waals surface area contributed by atoms with Crippen molar-refractivity contribution in [2.75, 3.05) is 14.2 Å². The van der Waals surface area contributed by atoms with E-state index in [2.05, 4.69) is 33.9 Å². The largest absolute Gasteiger partial charge is 0.496 e. The lowest BCUT2D eigenvalue weighted by Crippen LogP contribution is -2.30. The van der Waals surface area contributed by atoms with Gasteiger partial charge >= 0.3 is 0 Å². The Morgan fingerprint density at radius 3 is 2.53 bits per heavy atom. The first-order valence-electron chi connectivity index (χ1n) is 7.23. The van der Waals surface area contributed by atoms with Crippen molar-refractivity contribution in [1.82, 2.24) is 4.90 Å². The summed E-state index contributed by atoms with van der Waals surface area (Å²) in [5, 5.41) is 0. The molecule has 2 nitrogen and oxygen atoms in total. The van der Waals surface area contributed by atoms with Gasteiger partial charge in [0.25, 0.3) is 0 Å². The molecule has 1 aromatic rings. The van der Waals surface area contributed by atoms with Crippen LogP contribution in [0.2, 0.25) is 0 Å². The van der Waals surface area contributed by atoms with Gasteiger partial charge in [-0.2, -0.15) is 0 Å². The third kappa shape index (κ3) is 4.22. The predicted octanol–water partition coefficient (Wildman–Crippen LogP) is 4.61. The lowest BCUT2D eigenvalue weighted by Gasteiger charge is -2.27. The van der Waals surface area contributed by atoms with E-state index in [0.29, 0.717) is 0 Å². The van der Waals surface area contributed by atoms with E-state index in [1.807, 2.05) is 12.1 Å². The quantitative estimate of drug-likeness (QED) is 0.749. The number of benzene rings is 1. The van der Waals surface area contributed by atoms with Crippen LogP contribution in [-0.2, 0) is 6.54 Å². The Balaban J connectivity index is 2.04. The van der Waals surface area contributed by atoms with Crippen LogP contribution < -0.4 is 4.74 Å². The minimum atomic E-state index is 0.728. The lowest BCUT2D eigenvalue weighted by atomic mass is 10.1. The summed E-state index contributed by atoms with van der Waals surface area (Å²) >= 11 is 3.55. The maximum atomic E-state index is 5.47. The van der Waals surface area contributed by atoms with E-state index >= 15 is 0 Å². The first-order valence-corrected chi connectivity index (χ1v) is 8.02. The van der Waals surface area contributed by atoms with Gasteiger partial charge in [-0.25, -0.2) is 0 Å². The van der Waals surface area contributed by atoms with Crippen molar-refractivity contribution < 1.29 is 4.74 Å². The maximum absolute atomic E-state index is 5.47. The number of methoxy groups -OCH3 is 1. The van der Waals surface area contributed by atoms with Crippen molar-refractivity contribution in [3.05, 3.63) is 28.2 Å². The van der Waals surface area contributed by atoms with Crippen molar-refractivity contribution >= 4 is 15.9 Å². The smallest absolute Gasteiger partial charge is 0.123 e. The highest BCUT2D eigenvalue weighted by molar-refractivity contribution is 9.10. The Kier molecular flexibility index (Phi) is 5.71. The first kappa shape index (κ1) is 14.9. The summed E-state index contributed by atoms with van der Waals surface area (Å²) < 4.78 is 6.59. The number of nitrogens with zero attached hydrogens (tertiary/aromatic N) is 1. The second-order valence-corrected chi connectivity index (χ2v) is 6.43. The van der Waals surface area contributed by atoms with Crippen LogP contribution in [0.15, 0.2) is 22.7 Å². The highest BCUT2D eigenvalue weighted by atomic mass is 79.9. The molecule has 0 unspecified atom stereocenters. The Morgan fingerprint density at radius 2 is 1.89 bits per heavy atom. The molecule has 0 spiro atoms. The van der Waals surface area contributed by atoms with Crippen LogP contribution in [0.5, 0.6) is 5.75 Å². The molecule has 0 aromatic heterocycles. The van der Waals surface area contributed by atoms with E-state index in [4.69, 9.17) is 4.74 Å². The van der Waals surface area contributed by atoms with Crippen LogP contribution in [0.4, 0.5) is 0 Å². The minimum Gasteiger partial charge on any atom is -0.496 e. The normalized spacial score (nSPS) is 17.5. The monoisotopic (exact) mass is 325 g/mol. The van der Waals surface area contributed by atoms with Crippen molar-refractivity contribution in [3.63, 3.8) is 0 Å². The molecule has 0 amide bonds. The third-order valence-electron chi connectivity index (χ3n) is 4.11. The molecule has 1 saturated carbocycles. The van der Waals surface area contributed by atoms with E-state index in [-0.39, 0.29) is 0 Å². The molecule has 19 heavy (non-hydrogen) atoms. The van der Waals surface area contributed by atoms with Crippen molar-refractivity contribution in [3.8, 4) is 5.75 Å². The van der Waals surface area contributed by atoms with Crippen molar-refractivity contribution in [2.24, 2.45) is 0 Å². The van der Waals surface area contributed by atoms with Crippen LogP contribution in [0.25, 0.3) is 0 Å². The van der Waals surface area contributed by atoms with Gasteiger partial charge in [0.05, 0.1) is 7.11 Å². The standard InChI is InChI=1S/C16H24BrNO/c1-18(15-7-5-3-4-6-8-15)12-13-11-14(17)9-10-16(13)19-2/h9-11,15H,3-8,12H2,1-2H3. The molecule has 1 aromatic carbocycles. The summed E-state index contributed by atoms with van der Waals surface area (Å²) in [7, 11) is 3.99. The van der Waals surface area contributed by atoms with Gasteiger partial charge < -0.3 is 4.74 Å². The molecule has 0 N–H and O–H groups in total. The van der Waals surface area contributed by atoms with Gasteiger partial charge in [0.2, 0.25) is 0 Å². The summed E-state index contributed by atoms with van der Waals surface area (Å²) in [6, 6.07) is 6.98. The molecule has 1 aliphatic carbocycles. The molecule has 0 bridgehead atoms. The van der Waals surface area contributed by atoms with Crippen LogP contribution >= 0.6 is 15.9 Å². The van der Waals surface area contributed by atoms with Crippen molar-refractivity contribution in [1.29, 1.82) is 0 Å². The fourth-order valence-corrected chi connectivity index (χ4v) is 3.38. The molecule has 0 saturated heterocycles. The fraction of sp³-hybridized carbons (Fsp3) is 0.625. The second-order valence-electron chi connectivity index (χ2n) is 5.52. The number of halogens is 1. The zero-order valence-corrected chi connectivity index (χ0v) is 13.6. The Labute approximate surface area is 125 Å².